The average Bonchev–Trinajstić information content (AvgIpc) is 2.72. The standard InChI is InChI=1S/C15H23ClN2O/c1-15(19)8-10-18(11-15)9-7-14(17-2)12-5-3-4-6-13(12)16/h3-6,14,17,19H,7-11H2,1-2H3. The Balaban J connectivity index is 1.92. The van der Waals surface area contributed by atoms with E-state index in [0.29, 0.717) is 0 Å². The highest BCUT2D eigenvalue weighted by molar-refractivity contribution is 6.31. The molecule has 1 aromatic carbocycles. The van der Waals surface area contributed by atoms with Crippen molar-refractivity contribution >= 4 is 11.6 Å². The van der Waals surface area contributed by atoms with E-state index in [0.717, 1.165) is 43.1 Å². The summed E-state index contributed by atoms with van der Waals surface area (Å²) in [7, 11) is 1.97. The molecule has 1 aliphatic rings. The van der Waals surface area contributed by atoms with Gasteiger partial charge in [-0.2, -0.15) is 0 Å². The van der Waals surface area contributed by atoms with Gasteiger partial charge in [0.2, 0.25) is 0 Å². The van der Waals surface area contributed by atoms with Gasteiger partial charge >= 0.3 is 0 Å². The predicted octanol–water partition coefficient (Wildman–Crippen LogP) is 2.45. The highest BCUT2D eigenvalue weighted by atomic mass is 35.5. The Morgan fingerprint density at radius 3 is 2.79 bits per heavy atom. The molecule has 3 nitrogen and oxygen atoms in total. The van der Waals surface area contributed by atoms with Crippen molar-refractivity contribution in [3.05, 3.63) is 34.9 Å². The van der Waals surface area contributed by atoms with Crippen LogP contribution in [-0.4, -0.2) is 42.3 Å². The van der Waals surface area contributed by atoms with E-state index in [4.69, 9.17) is 11.6 Å². The van der Waals surface area contributed by atoms with Gasteiger partial charge < -0.3 is 15.3 Å². The Kier molecular flexibility index (Phi) is 4.85. The van der Waals surface area contributed by atoms with Crippen LogP contribution in [0, 0.1) is 0 Å². The lowest BCUT2D eigenvalue weighted by Crippen LogP contribution is -2.31. The zero-order valence-corrected chi connectivity index (χ0v) is 12.5. The summed E-state index contributed by atoms with van der Waals surface area (Å²) in [5.74, 6) is 0. The van der Waals surface area contributed by atoms with E-state index in [2.05, 4.69) is 16.3 Å². The van der Waals surface area contributed by atoms with Gasteiger partial charge in [-0.15, -0.1) is 0 Å². The quantitative estimate of drug-likeness (QED) is 0.871. The predicted molar refractivity (Wildman–Crippen MR) is 79.6 cm³/mol. The molecule has 1 aromatic rings. The van der Waals surface area contributed by atoms with Crippen molar-refractivity contribution in [2.75, 3.05) is 26.7 Å². The Bertz CT molecular complexity index is 422. The average molecular weight is 283 g/mol. The Morgan fingerprint density at radius 2 is 2.21 bits per heavy atom. The molecule has 2 N–H and O–H groups in total. The van der Waals surface area contributed by atoms with E-state index in [9.17, 15) is 5.11 Å². The van der Waals surface area contributed by atoms with E-state index in [1.165, 1.54) is 0 Å². The highest BCUT2D eigenvalue weighted by Crippen LogP contribution is 2.26. The summed E-state index contributed by atoms with van der Waals surface area (Å²) < 4.78 is 0. The van der Waals surface area contributed by atoms with Crippen LogP contribution < -0.4 is 5.32 Å². The number of halogens is 1. The van der Waals surface area contributed by atoms with E-state index in [1.807, 2.05) is 32.2 Å². The van der Waals surface area contributed by atoms with Gasteiger partial charge in [-0.25, -0.2) is 0 Å². The number of rotatable bonds is 5. The normalized spacial score (nSPS) is 25.7. The fourth-order valence-corrected chi connectivity index (χ4v) is 3.02. The van der Waals surface area contributed by atoms with Gasteiger partial charge in [0.1, 0.15) is 0 Å². The van der Waals surface area contributed by atoms with Gasteiger partial charge in [0.25, 0.3) is 0 Å². The smallest absolute Gasteiger partial charge is 0.0758 e. The van der Waals surface area contributed by atoms with Crippen LogP contribution in [0.15, 0.2) is 24.3 Å². The van der Waals surface area contributed by atoms with Crippen LogP contribution in [0.3, 0.4) is 0 Å². The lowest BCUT2D eigenvalue weighted by Gasteiger charge is -2.23. The third-order valence-corrected chi connectivity index (χ3v) is 4.24. The fraction of sp³-hybridized carbons (Fsp3) is 0.600. The number of likely N-dealkylation sites (tertiary alicyclic amines) is 1. The lowest BCUT2D eigenvalue weighted by molar-refractivity contribution is 0.0683. The maximum absolute atomic E-state index is 9.97. The van der Waals surface area contributed by atoms with E-state index >= 15 is 0 Å². The molecule has 0 radical (unpaired) electrons. The van der Waals surface area contributed by atoms with Crippen molar-refractivity contribution in [3.63, 3.8) is 0 Å². The molecule has 1 aliphatic heterocycles. The summed E-state index contributed by atoms with van der Waals surface area (Å²) >= 11 is 6.24. The number of hydrogen-bond acceptors (Lipinski definition) is 3. The minimum atomic E-state index is -0.514. The molecule has 4 heteroatoms. The van der Waals surface area contributed by atoms with Gasteiger partial charge in [-0.1, -0.05) is 29.8 Å². The first kappa shape index (κ1) is 14.8. The van der Waals surface area contributed by atoms with Crippen LogP contribution in [0.25, 0.3) is 0 Å². The van der Waals surface area contributed by atoms with Crippen LogP contribution in [-0.2, 0) is 0 Å². The molecule has 106 valence electrons. The first-order valence-corrected chi connectivity index (χ1v) is 7.26. The Morgan fingerprint density at radius 1 is 1.47 bits per heavy atom. The molecule has 0 aliphatic carbocycles. The maximum Gasteiger partial charge on any atom is 0.0758 e. The molecule has 0 bridgehead atoms. The molecule has 0 amide bonds. The molecule has 2 unspecified atom stereocenters. The number of aliphatic hydroxyl groups is 1. The number of β-amino-alcohol motifs (C(OH)–C–C–N with tert-alkyl or cyclic N) is 1. The van der Waals surface area contributed by atoms with Crippen LogP contribution in [0.1, 0.15) is 31.4 Å². The number of nitrogens with one attached hydrogen (secondary N) is 1. The largest absolute Gasteiger partial charge is 0.389 e. The van der Waals surface area contributed by atoms with Crippen molar-refractivity contribution in [1.82, 2.24) is 10.2 Å². The minimum Gasteiger partial charge on any atom is -0.389 e. The molecule has 0 saturated carbocycles. The van der Waals surface area contributed by atoms with E-state index < -0.39 is 5.60 Å². The van der Waals surface area contributed by atoms with Crippen LogP contribution in [0.2, 0.25) is 5.02 Å². The van der Waals surface area contributed by atoms with Gasteiger partial charge in [0.15, 0.2) is 0 Å². The second kappa shape index (κ2) is 6.23. The molecule has 2 rings (SSSR count). The number of benzene rings is 1. The molecule has 19 heavy (non-hydrogen) atoms. The van der Waals surface area contributed by atoms with Crippen molar-refractivity contribution in [2.45, 2.75) is 31.4 Å². The molecule has 1 saturated heterocycles. The Labute approximate surface area is 120 Å². The summed E-state index contributed by atoms with van der Waals surface area (Å²) in [4.78, 5) is 2.32. The van der Waals surface area contributed by atoms with Crippen molar-refractivity contribution in [1.29, 1.82) is 0 Å². The van der Waals surface area contributed by atoms with Crippen LogP contribution in [0.4, 0.5) is 0 Å². The lowest BCUT2D eigenvalue weighted by atomic mass is 10.0. The van der Waals surface area contributed by atoms with Gasteiger partial charge in [0, 0.05) is 30.7 Å². The van der Waals surface area contributed by atoms with Crippen molar-refractivity contribution in [2.24, 2.45) is 0 Å². The molecule has 1 heterocycles. The summed E-state index contributed by atoms with van der Waals surface area (Å²) in [6.45, 7) is 4.64. The zero-order chi connectivity index (χ0) is 13.9. The monoisotopic (exact) mass is 282 g/mol. The second-order valence-corrected chi connectivity index (χ2v) is 6.08. The van der Waals surface area contributed by atoms with Crippen molar-refractivity contribution < 1.29 is 5.11 Å². The topological polar surface area (TPSA) is 35.5 Å². The zero-order valence-electron chi connectivity index (χ0n) is 11.7. The minimum absolute atomic E-state index is 0.263. The molecule has 0 aromatic heterocycles. The third kappa shape index (κ3) is 3.93. The van der Waals surface area contributed by atoms with Gasteiger partial charge in [0.05, 0.1) is 5.60 Å². The van der Waals surface area contributed by atoms with Crippen molar-refractivity contribution in [3.8, 4) is 0 Å². The van der Waals surface area contributed by atoms with Gasteiger partial charge in [-0.05, 0) is 38.4 Å². The maximum atomic E-state index is 9.97. The summed E-state index contributed by atoms with van der Waals surface area (Å²) in [6.07, 6.45) is 1.86. The molecular weight excluding hydrogens is 260 g/mol. The fourth-order valence-electron chi connectivity index (χ4n) is 2.75. The number of hydrogen-bond donors (Lipinski definition) is 2. The molecule has 0 spiro atoms. The van der Waals surface area contributed by atoms with Crippen LogP contribution >= 0.6 is 11.6 Å². The molecule has 1 fully saturated rings. The summed E-state index contributed by atoms with van der Waals surface area (Å²) in [5.41, 5.74) is 0.636. The SMILES string of the molecule is CNC(CCN1CCC(C)(O)C1)c1ccccc1Cl. The molecule has 2 atom stereocenters. The van der Waals surface area contributed by atoms with Gasteiger partial charge in [-0.3, -0.25) is 0 Å². The first-order valence-electron chi connectivity index (χ1n) is 6.88. The van der Waals surface area contributed by atoms with Crippen LogP contribution in [0.5, 0.6) is 0 Å². The van der Waals surface area contributed by atoms with E-state index in [1.54, 1.807) is 0 Å². The second-order valence-electron chi connectivity index (χ2n) is 5.67. The van der Waals surface area contributed by atoms with E-state index in [-0.39, 0.29) is 6.04 Å². The third-order valence-electron chi connectivity index (χ3n) is 3.89. The summed E-state index contributed by atoms with van der Waals surface area (Å²) in [5, 5.41) is 14.1. The highest BCUT2D eigenvalue weighted by Gasteiger charge is 2.31. The first-order chi connectivity index (χ1) is 9.02. The summed E-state index contributed by atoms with van der Waals surface area (Å²) in [6, 6.07) is 8.24. The Hall–Kier alpha value is -0.610. The number of nitrogens with zero attached hydrogens (tertiary/aromatic N) is 1. The molecular formula is C15H23ClN2O.